The van der Waals surface area contributed by atoms with E-state index in [0.717, 1.165) is 18.5 Å². The van der Waals surface area contributed by atoms with Gasteiger partial charge in [-0.05, 0) is 18.6 Å². The maximum atomic E-state index is 11.9. The number of hydrogen-bond acceptors (Lipinski definition) is 4. The van der Waals surface area contributed by atoms with Gasteiger partial charge in [-0.2, -0.15) is 5.10 Å². The van der Waals surface area contributed by atoms with E-state index in [0.29, 0.717) is 11.4 Å². The molecule has 1 heterocycles. The molecule has 7 heteroatoms. The second-order valence-electron chi connectivity index (χ2n) is 4.29. The zero-order valence-electron chi connectivity index (χ0n) is 10.9. The van der Waals surface area contributed by atoms with Crippen LogP contribution in [0.5, 0.6) is 0 Å². The Balaban J connectivity index is 2.05. The van der Waals surface area contributed by atoms with Crippen molar-refractivity contribution in [3.05, 3.63) is 51.7 Å². The maximum Gasteiger partial charge on any atom is 0.269 e. The summed E-state index contributed by atoms with van der Waals surface area (Å²) < 4.78 is 0. The van der Waals surface area contributed by atoms with Crippen molar-refractivity contribution in [2.45, 2.75) is 19.8 Å². The molecule has 2 aromatic rings. The van der Waals surface area contributed by atoms with Crippen LogP contribution in [0.2, 0.25) is 0 Å². The molecule has 104 valence electrons. The molecule has 0 unspecified atom stereocenters. The molecule has 7 nitrogen and oxygen atoms in total. The van der Waals surface area contributed by atoms with E-state index in [1.807, 2.05) is 0 Å². The summed E-state index contributed by atoms with van der Waals surface area (Å²) in [5, 5.41) is 20.0. The van der Waals surface area contributed by atoms with Crippen LogP contribution in [0, 0.1) is 10.1 Å². The van der Waals surface area contributed by atoms with Gasteiger partial charge in [0.25, 0.3) is 11.6 Å². The maximum absolute atomic E-state index is 11.9. The average Bonchev–Trinajstić information content (AvgIpc) is 2.86. The molecule has 0 aliphatic heterocycles. The van der Waals surface area contributed by atoms with Crippen molar-refractivity contribution in [2.24, 2.45) is 0 Å². The number of aromatic nitrogens is 2. The van der Waals surface area contributed by atoms with Crippen molar-refractivity contribution in [2.75, 3.05) is 5.32 Å². The molecular weight excluding hydrogens is 260 g/mol. The average molecular weight is 274 g/mol. The molecule has 2 rings (SSSR count). The number of carbonyl (C=O) groups is 1. The molecule has 20 heavy (non-hydrogen) atoms. The molecule has 0 saturated heterocycles. The number of aryl methyl sites for hydroxylation is 1. The number of carbonyl (C=O) groups excluding carboxylic acids is 1. The summed E-state index contributed by atoms with van der Waals surface area (Å²) in [5.74, 6) is 0.0891. The minimum absolute atomic E-state index is 0.0495. The highest BCUT2D eigenvalue weighted by Gasteiger charge is 2.11. The van der Waals surface area contributed by atoms with Gasteiger partial charge in [-0.15, -0.1) is 0 Å². The molecule has 1 aromatic heterocycles. The first-order chi connectivity index (χ1) is 9.60. The minimum atomic E-state index is -0.508. The number of hydrogen-bond donors (Lipinski definition) is 2. The molecule has 0 radical (unpaired) electrons. The highest BCUT2D eigenvalue weighted by Crippen LogP contribution is 2.14. The largest absolute Gasteiger partial charge is 0.305 e. The molecule has 0 atom stereocenters. The fraction of sp³-hybridized carbons (Fsp3) is 0.231. The van der Waals surface area contributed by atoms with E-state index in [1.165, 1.54) is 24.3 Å². The highest BCUT2D eigenvalue weighted by atomic mass is 16.6. The number of nitrogens with zero attached hydrogens (tertiary/aromatic N) is 2. The molecule has 1 aromatic carbocycles. The van der Waals surface area contributed by atoms with Crippen LogP contribution in [0.3, 0.4) is 0 Å². The van der Waals surface area contributed by atoms with Crippen molar-refractivity contribution < 1.29 is 9.72 Å². The monoisotopic (exact) mass is 274 g/mol. The molecule has 0 aliphatic rings. The van der Waals surface area contributed by atoms with Gasteiger partial charge < -0.3 is 5.32 Å². The van der Waals surface area contributed by atoms with Crippen LogP contribution in [-0.2, 0) is 6.42 Å². The third kappa shape index (κ3) is 3.19. The first-order valence-electron chi connectivity index (χ1n) is 6.20. The Hall–Kier alpha value is -2.70. The van der Waals surface area contributed by atoms with Crippen LogP contribution in [0.1, 0.15) is 29.4 Å². The van der Waals surface area contributed by atoms with Crippen molar-refractivity contribution in [3.8, 4) is 0 Å². The van der Waals surface area contributed by atoms with E-state index in [-0.39, 0.29) is 11.6 Å². The number of benzene rings is 1. The smallest absolute Gasteiger partial charge is 0.269 e. The van der Waals surface area contributed by atoms with Crippen molar-refractivity contribution in [1.29, 1.82) is 0 Å². The molecule has 0 fully saturated rings. The Labute approximate surface area is 115 Å². The SMILES string of the molecule is CCCc1cc(NC(=O)c2ccc([N+](=O)[O-])cc2)n[nH]1. The summed E-state index contributed by atoms with van der Waals surface area (Å²) in [7, 11) is 0. The van der Waals surface area contributed by atoms with E-state index < -0.39 is 4.92 Å². The zero-order chi connectivity index (χ0) is 14.5. The predicted molar refractivity (Wildman–Crippen MR) is 73.6 cm³/mol. The zero-order valence-corrected chi connectivity index (χ0v) is 10.9. The van der Waals surface area contributed by atoms with Gasteiger partial charge in [0.1, 0.15) is 0 Å². The number of amides is 1. The second-order valence-corrected chi connectivity index (χ2v) is 4.29. The topological polar surface area (TPSA) is 101 Å². The summed E-state index contributed by atoms with van der Waals surface area (Å²) in [5.41, 5.74) is 1.24. The number of nitro groups is 1. The number of nitrogens with one attached hydrogen (secondary N) is 2. The molecule has 2 N–H and O–H groups in total. The Morgan fingerprint density at radius 2 is 2.10 bits per heavy atom. The summed E-state index contributed by atoms with van der Waals surface area (Å²) >= 11 is 0. The normalized spacial score (nSPS) is 10.2. The summed E-state index contributed by atoms with van der Waals surface area (Å²) in [6.07, 6.45) is 1.85. The van der Waals surface area contributed by atoms with Crippen molar-refractivity contribution in [1.82, 2.24) is 10.2 Å². The number of rotatable bonds is 5. The molecule has 0 aliphatic carbocycles. The van der Waals surface area contributed by atoms with Gasteiger partial charge in [0.15, 0.2) is 5.82 Å². The quantitative estimate of drug-likeness (QED) is 0.646. The molecule has 1 amide bonds. The lowest BCUT2D eigenvalue weighted by atomic mass is 10.2. The van der Waals surface area contributed by atoms with Crippen LogP contribution >= 0.6 is 0 Å². The van der Waals surface area contributed by atoms with E-state index >= 15 is 0 Å². The summed E-state index contributed by atoms with van der Waals surface area (Å²) in [6.45, 7) is 2.05. The third-order valence-corrected chi connectivity index (χ3v) is 2.73. The standard InChI is InChI=1S/C13H14N4O3/c1-2-3-10-8-12(16-15-10)14-13(18)9-4-6-11(7-5-9)17(19)20/h4-8H,2-3H2,1H3,(H2,14,15,16,18). The number of aromatic amines is 1. The number of non-ortho nitro benzene ring substituents is 1. The second kappa shape index (κ2) is 5.96. The minimum Gasteiger partial charge on any atom is -0.305 e. The fourth-order valence-electron chi connectivity index (χ4n) is 1.75. The number of nitro benzene ring substituents is 1. The first-order valence-corrected chi connectivity index (χ1v) is 6.20. The molecule has 0 bridgehead atoms. The van der Waals surface area contributed by atoms with Crippen LogP contribution < -0.4 is 5.32 Å². The van der Waals surface area contributed by atoms with Crippen LogP contribution in [-0.4, -0.2) is 21.0 Å². The van der Waals surface area contributed by atoms with E-state index in [4.69, 9.17) is 0 Å². The lowest BCUT2D eigenvalue weighted by Gasteiger charge is -2.01. The predicted octanol–water partition coefficient (Wildman–Crippen LogP) is 2.52. The van der Waals surface area contributed by atoms with Gasteiger partial charge in [0.05, 0.1) is 4.92 Å². The van der Waals surface area contributed by atoms with Crippen LogP contribution in [0.15, 0.2) is 30.3 Å². The molecule has 0 spiro atoms. The number of H-pyrrole nitrogens is 1. The van der Waals surface area contributed by atoms with E-state index in [2.05, 4.69) is 22.4 Å². The molecular formula is C13H14N4O3. The van der Waals surface area contributed by atoms with E-state index in [9.17, 15) is 14.9 Å². The molecule has 0 saturated carbocycles. The van der Waals surface area contributed by atoms with Crippen LogP contribution in [0.25, 0.3) is 0 Å². The van der Waals surface area contributed by atoms with Gasteiger partial charge in [0.2, 0.25) is 0 Å². The summed E-state index contributed by atoms with van der Waals surface area (Å²) in [4.78, 5) is 21.9. The Bertz CT molecular complexity index is 619. The summed E-state index contributed by atoms with van der Waals surface area (Å²) in [6, 6.07) is 7.18. The Morgan fingerprint density at radius 1 is 1.40 bits per heavy atom. The Morgan fingerprint density at radius 3 is 2.70 bits per heavy atom. The van der Waals surface area contributed by atoms with Gasteiger partial charge in [-0.25, -0.2) is 0 Å². The van der Waals surface area contributed by atoms with Gasteiger partial charge in [-0.3, -0.25) is 20.0 Å². The van der Waals surface area contributed by atoms with Gasteiger partial charge >= 0.3 is 0 Å². The third-order valence-electron chi connectivity index (χ3n) is 2.73. The first kappa shape index (κ1) is 13.7. The lowest BCUT2D eigenvalue weighted by molar-refractivity contribution is -0.384. The highest BCUT2D eigenvalue weighted by molar-refractivity contribution is 6.03. The number of anilines is 1. The fourth-order valence-corrected chi connectivity index (χ4v) is 1.75. The van der Waals surface area contributed by atoms with E-state index in [1.54, 1.807) is 6.07 Å². The van der Waals surface area contributed by atoms with Crippen LogP contribution in [0.4, 0.5) is 11.5 Å². The van der Waals surface area contributed by atoms with Crippen molar-refractivity contribution in [3.63, 3.8) is 0 Å². The van der Waals surface area contributed by atoms with Gasteiger partial charge in [0, 0.05) is 29.5 Å². The Kier molecular flexibility index (Phi) is 4.09. The van der Waals surface area contributed by atoms with Crippen molar-refractivity contribution >= 4 is 17.4 Å². The lowest BCUT2D eigenvalue weighted by Crippen LogP contribution is -2.12. The van der Waals surface area contributed by atoms with Gasteiger partial charge in [-0.1, -0.05) is 13.3 Å².